The minimum Gasteiger partial charge on any atom is -0.371 e. The second kappa shape index (κ2) is 6.17. The molecule has 1 saturated heterocycles. The Hall–Kier alpha value is -3.16. The molecule has 148 valence electrons. The van der Waals surface area contributed by atoms with Crippen molar-refractivity contribution in [3.8, 4) is 11.5 Å². The van der Waals surface area contributed by atoms with Crippen LogP contribution in [0.3, 0.4) is 0 Å². The SMILES string of the molecule is Cn1c(=O)c2c(N3CCCCC3)cccc2n2cnc(-c3noc(C4CC4)n3)c12. The van der Waals surface area contributed by atoms with Gasteiger partial charge in [-0.3, -0.25) is 13.8 Å². The van der Waals surface area contributed by atoms with Gasteiger partial charge < -0.3 is 9.42 Å². The van der Waals surface area contributed by atoms with Crippen LogP contribution < -0.4 is 10.5 Å². The number of benzene rings is 1. The van der Waals surface area contributed by atoms with E-state index in [0.29, 0.717) is 29.0 Å². The van der Waals surface area contributed by atoms with Gasteiger partial charge in [0.1, 0.15) is 6.33 Å². The average molecular weight is 390 g/mol. The largest absolute Gasteiger partial charge is 0.371 e. The zero-order valence-corrected chi connectivity index (χ0v) is 16.3. The number of hydrogen-bond donors (Lipinski definition) is 0. The molecule has 1 aromatic carbocycles. The second-order valence-corrected chi connectivity index (χ2v) is 8.10. The molecule has 0 atom stereocenters. The summed E-state index contributed by atoms with van der Waals surface area (Å²) in [6.45, 7) is 1.98. The van der Waals surface area contributed by atoms with Crippen molar-refractivity contribution < 1.29 is 4.52 Å². The number of aromatic nitrogens is 5. The smallest absolute Gasteiger partial charge is 0.263 e. The summed E-state index contributed by atoms with van der Waals surface area (Å²) >= 11 is 0. The first-order chi connectivity index (χ1) is 14.2. The highest BCUT2D eigenvalue weighted by Gasteiger charge is 2.31. The predicted molar refractivity (Wildman–Crippen MR) is 109 cm³/mol. The van der Waals surface area contributed by atoms with E-state index in [1.807, 2.05) is 16.5 Å². The highest BCUT2D eigenvalue weighted by Crippen LogP contribution is 2.39. The van der Waals surface area contributed by atoms with E-state index in [1.54, 1.807) is 17.9 Å². The minimum absolute atomic E-state index is 0.0265. The first-order valence-corrected chi connectivity index (χ1v) is 10.3. The van der Waals surface area contributed by atoms with Gasteiger partial charge in [0.05, 0.1) is 16.6 Å². The molecule has 0 radical (unpaired) electrons. The van der Waals surface area contributed by atoms with Crippen LogP contribution in [0.25, 0.3) is 28.1 Å². The van der Waals surface area contributed by atoms with Gasteiger partial charge in [0.15, 0.2) is 11.3 Å². The summed E-state index contributed by atoms with van der Waals surface area (Å²) in [4.78, 5) is 24.9. The van der Waals surface area contributed by atoms with Gasteiger partial charge in [-0.05, 0) is 44.2 Å². The van der Waals surface area contributed by atoms with Crippen molar-refractivity contribution in [2.75, 3.05) is 18.0 Å². The van der Waals surface area contributed by atoms with Crippen LogP contribution >= 0.6 is 0 Å². The number of fused-ring (bicyclic) bond motifs is 3. The van der Waals surface area contributed by atoms with Gasteiger partial charge >= 0.3 is 0 Å². The lowest BCUT2D eigenvalue weighted by atomic mass is 10.1. The molecule has 4 aromatic rings. The van der Waals surface area contributed by atoms with Crippen LogP contribution in [0.1, 0.15) is 43.9 Å². The lowest BCUT2D eigenvalue weighted by molar-refractivity contribution is 0.380. The zero-order valence-electron chi connectivity index (χ0n) is 16.3. The number of imidazole rings is 1. The summed E-state index contributed by atoms with van der Waals surface area (Å²) < 4.78 is 9.04. The summed E-state index contributed by atoms with van der Waals surface area (Å²) in [5.41, 5.74) is 3.10. The van der Waals surface area contributed by atoms with Crippen molar-refractivity contribution in [2.24, 2.45) is 7.05 Å². The van der Waals surface area contributed by atoms with E-state index in [1.165, 1.54) is 6.42 Å². The van der Waals surface area contributed by atoms with Gasteiger partial charge in [0, 0.05) is 26.1 Å². The van der Waals surface area contributed by atoms with Crippen LogP contribution in [-0.2, 0) is 7.05 Å². The average Bonchev–Trinajstić information content (AvgIpc) is 3.32. The first-order valence-electron chi connectivity index (χ1n) is 10.3. The number of aryl methyl sites for hydroxylation is 1. The molecule has 0 unspecified atom stereocenters. The van der Waals surface area contributed by atoms with E-state index in [4.69, 9.17) is 4.52 Å². The van der Waals surface area contributed by atoms with E-state index in [2.05, 4.69) is 26.1 Å². The standard InChI is InChI=1S/C21H22N6O2/c1-25-20-17(18-23-19(29-24-18)13-8-9-13)22-12-27(20)15-7-5-6-14(16(15)21(25)28)26-10-3-2-4-11-26/h5-7,12-13H,2-4,8-11H2,1H3. The third kappa shape index (κ3) is 2.51. The van der Waals surface area contributed by atoms with E-state index in [-0.39, 0.29) is 5.56 Å². The van der Waals surface area contributed by atoms with Crippen molar-refractivity contribution in [2.45, 2.75) is 38.0 Å². The van der Waals surface area contributed by atoms with Gasteiger partial charge in [0.2, 0.25) is 11.7 Å². The molecule has 8 nitrogen and oxygen atoms in total. The maximum Gasteiger partial charge on any atom is 0.263 e. The molecule has 0 bridgehead atoms. The summed E-state index contributed by atoms with van der Waals surface area (Å²) in [5.74, 6) is 1.48. The summed E-state index contributed by atoms with van der Waals surface area (Å²) in [6, 6.07) is 6.05. The molecule has 1 aliphatic heterocycles. The van der Waals surface area contributed by atoms with Crippen LogP contribution in [0.15, 0.2) is 33.8 Å². The number of anilines is 1. The molecule has 4 heterocycles. The number of hydrogen-bond acceptors (Lipinski definition) is 6. The molecule has 3 aromatic heterocycles. The Morgan fingerprint density at radius 3 is 2.76 bits per heavy atom. The maximum absolute atomic E-state index is 13.4. The molecule has 8 heteroatoms. The highest BCUT2D eigenvalue weighted by molar-refractivity contribution is 5.94. The molecule has 0 amide bonds. The molecular weight excluding hydrogens is 368 g/mol. The Morgan fingerprint density at radius 1 is 1.14 bits per heavy atom. The molecule has 29 heavy (non-hydrogen) atoms. The van der Waals surface area contributed by atoms with Gasteiger partial charge in [-0.25, -0.2) is 4.98 Å². The van der Waals surface area contributed by atoms with Crippen molar-refractivity contribution in [1.82, 2.24) is 24.1 Å². The quantitative estimate of drug-likeness (QED) is 0.535. The van der Waals surface area contributed by atoms with Crippen LogP contribution in [0.2, 0.25) is 0 Å². The van der Waals surface area contributed by atoms with Crippen molar-refractivity contribution >= 4 is 22.2 Å². The topological polar surface area (TPSA) is 81.5 Å². The molecule has 0 N–H and O–H groups in total. The van der Waals surface area contributed by atoms with Crippen LogP contribution in [-0.4, -0.2) is 37.2 Å². The highest BCUT2D eigenvalue weighted by atomic mass is 16.5. The number of nitrogens with zero attached hydrogens (tertiary/aromatic N) is 6. The first kappa shape index (κ1) is 16.8. The van der Waals surface area contributed by atoms with Gasteiger partial charge in [0.25, 0.3) is 5.56 Å². The van der Waals surface area contributed by atoms with Gasteiger partial charge in [-0.2, -0.15) is 4.98 Å². The van der Waals surface area contributed by atoms with Crippen LogP contribution in [0.4, 0.5) is 5.69 Å². The fraction of sp³-hybridized carbons (Fsp3) is 0.429. The Bertz CT molecular complexity index is 1290. The second-order valence-electron chi connectivity index (χ2n) is 8.10. The Kier molecular flexibility index (Phi) is 3.57. The monoisotopic (exact) mass is 390 g/mol. The molecular formula is C21H22N6O2. The molecule has 2 aliphatic rings. The zero-order chi connectivity index (χ0) is 19.5. The minimum atomic E-state index is -0.0265. The predicted octanol–water partition coefficient (Wildman–Crippen LogP) is 3.10. The summed E-state index contributed by atoms with van der Waals surface area (Å²) in [7, 11) is 1.79. The summed E-state index contributed by atoms with van der Waals surface area (Å²) in [6.07, 6.45) is 7.51. The molecule has 0 spiro atoms. The van der Waals surface area contributed by atoms with Gasteiger partial charge in [-0.1, -0.05) is 11.2 Å². The fourth-order valence-electron chi connectivity index (χ4n) is 4.43. The normalized spacial score (nSPS) is 17.5. The number of rotatable bonds is 3. The van der Waals surface area contributed by atoms with Crippen LogP contribution in [0, 0.1) is 0 Å². The van der Waals surface area contributed by atoms with Crippen molar-refractivity contribution in [1.29, 1.82) is 0 Å². The lowest BCUT2D eigenvalue weighted by Gasteiger charge is -2.29. The molecule has 6 rings (SSSR count). The van der Waals surface area contributed by atoms with E-state index >= 15 is 0 Å². The third-order valence-electron chi connectivity index (χ3n) is 6.14. The summed E-state index contributed by atoms with van der Waals surface area (Å²) in [5, 5.41) is 4.86. The molecule has 1 saturated carbocycles. The Labute approximate surface area is 166 Å². The van der Waals surface area contributed by atoms with E-state index < -0.39 is 0 Å². The lowest BCUT2D eigenvalue weighted by Crippen LogP contribution is -2.31. The Balaban J connectivity index is 1.58. The molecule has 2 fully saturated rings. The van der Waals surface area contributed by atoms with Crippen molar-refractivity contribution in [3.05, 3.63) is 40.8 Å². The van der Waals surface area contributed by atoms with Crippen molar-refractivity contribution in [3.63, 3.8) is 0 Å². The van der Waals surface area contributed by atoms with Gasteiger partial charge in [-0.15, -0.1) is 0 Å². The van der Waals surface area contributed by atoms with E-state index in [0.717, 1.165) is 55.4 Å². The maximum atomic E-state index is 13.4. The van der Waals surface area contributed by atoms with E-state index in [9.17, 15) is 4.79 Å². The fourth-order valence-corrected chi connectivity index (χ4v) is 4.43. The third-order valence-corrected chi connectivity index (χ3v) is 6.14. The Morgan fingerprint density at radius 2 is 1.97 bits per heavy atom. The number of piperidine rings is 1. The molecule has 1 aliphatic carbocycles. The van der Waals surface area contributed by atoms with Crippen LogP contribution in [0.5, 0.6) is 0 Å².